The van der Waals surface area contributed by atoms with Gasteiger partial charge in [-0.15, -0.1) is 0 Å². The van der Waals surface area contributed by atoms with E-state index >= 15 is 0 Å². The van der Waals surface area contributed by atoms with Crippen molar-refractivity contribution in [2.45, 2.75) is 13.2 Å². The predicted molar refractivity (Wildman–Crippen MR) is 120 cm³/mol. The maximum Gasteiger partial charge on any atom is 0.167 e. The van der Waals surface area contributed by atoms with Crippen molar-refractivity contribution in [3.8, 4) is 11.5 Å². The van der Waals surface area contributed by atoms with Crippen LogP contribution in [0.4, 0.5) is 10.1 Å². The molecule has 29 heavy (non-hydrogen) atoms. The minimum Gasteiger partial charge on any atom is -0.493 e. The molecule has 0 aliphatic carbocycles. The second-order valence-electron chi connectivity index (χ2n) is 6.06. The van der Waals surface area contributed by atoms with E-state index in [2.05, 4.69) is 21.2 Å². The molecule has 0 aliphatic rings. The van der Waals surface area contributed by atoms with Gasteiger partial charge in [0, 0.05) is 37.9 Å². The van der Waals surface area contributed by atoms with Gasteiger partial charge in [0.25, 0.3) is 0 Å². The third kappa shape index (κ3) is 5.48. The van der Waals surface area contributed by atoms with Gasteiger partial charge in [0.2, 0.25) is 0 Å². The van der Waals surface area contributed by atoms with Gasteiger partial charge in [0.05, 0.1) is 12.1 Å². The molecule has 0 saturated carbocycles. The van der Waals surface area contributed by atoms with Crippen molar-refractivity contribution in [3.63, 3.8) is 0 Å². The Labute approximate surface area is 191 Å². The molecule has 0 bridgehead atoms. The van der Waals surface area contributed by atoms with Crippen molar-refractivity contribution < 1.29 is 13.9 Å². The van der Waals surface area contributed by atoms with Crippen molar-refractivity contribution in [2.24, 2.45) is 0 Å². The van der Waals surface area contributed by atoms with Gasteiger partial charge in [-0.3, -0.25) is 0 Å². The zero-order valence-corrected chi connectivity index (χ0v) is 19.1. The minimum absolute atomic E-state index is 0.0473. The summed E-state index contributed by atoms with van der Waals surface area (Å²) < 4.78 is 26.3. The molecule has 0 fully saturated rings. The number of anilines is 1. The highest BCUT2D eigenvalue weighted by molar-refractivity contribution is 9.10. The molecular formula is C21H16BrCl3FNO2. The third-order valence-corrected chi connectivity index (χ3v) is 5.67. The predicted octanol–water partition coefficient (Wildman–Crippen LogP) is 7.75. The Morgan fingerprint density at radius 3 is 2.38 bits per heavy atom. The van der Waals surface area contributed by atoms with Crippen LogP contribution in [0.15, 0.2) is 53.0 Å². The number of nitrogens with one attached hydrogen (secondary N) is 1. The van der Waals surface area contributed by atoms with E-state index in [-0.39, 0.29) is 12.2 Å². The maximum atomic E-state index is 14.1. The summed E-state index contributed by atoms with van der Waals surface area (Å²) in [5.41, 5.74) is 1.81. The van der Waals surface area contributed by atoms with E-state index in [0.717, 1.165) is 15.7 Å². The average Bonchev–Trinajstić information content (AvgIpc) is 2.66. The van der Waals surface area contributed by atoms with Crippen LogP contribution in [0, 0.1) is 5.82 Å². The van der Waals surface area contributed by atoms with Crippen LogP contribution < -0.4 is 14.8 Å². The highest BCUT2D eigenvalue weighted by atomic mass is 79.9. The summed E-state index contributed by atoms with van der Waals surface area (Å²) in [4.78, 5) is 0. The average molecular weight is 520 g/mol. The van der Waals surface area contributed by atoms with Crippen LogP contribution in [0.1, 0.15) is 11.1 Å². The number of ether oxygens (including phenoxy) is 2. The number of hydrogen-bond donors (Lipinski definition) is 1. The van der Waals surface area contributed by atoms with Crippen LogP contribution in [0.2, 0.25) is 15.1 Å². The molecule has 0 aliphatic heterocycles. The van der Waals surface area contributed by atoms with E-state index < -0.39 is 5.82 Å². The summed E-state index contributed by atoms with van der Waals surface area (Å²) in [6, 6.07) is 13.3. The molecule has 3 aromatic rings. The fraction of sp³-hybridized carbons (Fsp3) is 0.143. The normalized spacial score (nSPS) is 10.7. The van der Waals surface area contributed by atoms with Crippen LogP contribution in [-0.4, -0.2) is 7.11 Å². The molecule has 0 aromatic heterocycles. The molecule has 0 amide bonds. The lowest BCUT2D eigenvalue weighted by Gasteiger charge is -2.18. The lowest BCUT2D eigenvalue weighted by Crippen LogP contribution is -2.07. The van der Waals surface area contributed by atoms with Crippen molar-refractivity contribution in [1.82, 2.24) is 0 Å². The second-order valence-corrected chi connectivity index (χ2v) is 8.19. The Kier molecular flexibility index (Phi) is 7.52. The number of methoxy groups -OCH3 is 1. The van der Waals surface area contributed by atoms with Gasteiger partial charge in [-0.2, -0.15) is 0 Å². The van der Waals surface area contributed by atoms with Crippen LogP contribution in [-0.2, 0) is 13.2 Å². The molecular weight excluding hydrogens is 503 g/mol. The lowest BCUT2D eigenvalue weighted by atomic mass is 10.1. The van der Waals surface area contributed by atoms with Crippen LogP contribution in [0.5, 0.6) is 11.5 Å². The molecule has 152 valence electrons. The van der Waals surface area contributed by atoms with E-state index in [0.29, 0.717) is 33.1 Å². The van der Waals surface area contributed by atoms with Crippen molar-refractivity contribution in [3.05, 3.63) is 85.0 Å². The fourth-order valence-corrected chi connectivity index (χ4v) is 3.92. The Balaban J connectivity index is 1.88. The van der Waals surface area contributed by atoms with Crippen LogP contribution in [0.25, 0.3) is 0 Å². The van der Waals surface area contributed by atoms with Gasteiger partial charge in [0.1, 0.15) is 12.4 Å². The molecule has 1 N–H and O–H groups in total. The summed E-state index contributed by atoms with van der Waals surface area (Å²) in [5, 5.41) is 4.61. The smallest absolute Gasteiger partial charge is 0.167 e. The second kappa shape index (κ2) is 9.90. The molecule has 3 rings (SSSR count). The number of rotatable bonds is 7. The molecule has 3 aromatic carbocycles. The van der Waals surface area contributed by atoms with Crippen molar-refractivity contribution in [2.75, 3.05) is 12.4 Å². The lowest BCUT2D eigenvalue weighted by molar-refractivity contribution is 0.277. The first-order valence-corrected chi connectivity index (χ1v) is 10.4. The topological polar surface area (TPSA) is 30.5 Å². The minimum atomic E-state index is -0.431. The largest absolute Gasteiger partial charge is 0.493 e. The Hall–Kier alpha value is -1.66. The van der Waals surface area contributed by atoms with E-state index in [1.54, 1.807) is 43.5 Å². The van der Waals surface area contributed by atoms with Crippen molar-refractivity contribution >= 4 is 56.4 Å². The summed E-state index contributed by atoms with van der Waals surface area (Å²) >= 11 is 21.8. The van der Waals surface area contributed by atoms with E-state index in [1.807, 2.05) is 6.07 Å². The number of halogens is 5. The van der Waals surface area contributed by atoms with Crippen LogP contribution >= 0.6 is 50.7 Å². The standard InChI is InChI=1S/C21H16BrCl3FNO2/c1-28-20-6-5-17(22)15(10-27-14-8-12(23)7-13(24)9-14)21(20)29-11-16-18(25)3-2-4-19(16)26/h2-9,27H,10-11H2,1H3. The highest BCUT2D eigenvalue weighted by Crippen LogP contribution is 2.38. The van der Waals surface area contributed by atoms with Gasteiger partial charge < -0.3 is 14.8 Å². The zero-order valence-electron chi connectivity index (χ0n) is 15.2. The highest BCUT2D eigenvalue weighted by Gasteiger charge is 2.17. The number of benzene rings is 3. The zero-order chi connectivity index (χ0) is 21.0. The monoisotopic (exact) mass is 517 g/mol. The van der Waals surface area contributed by atoms with E-state index in [9.17, 15) is 4.39 Å². The number of hydrogen-bond acceptors (Lipinski definition) is 3. The SMILES string of the molecule is COc1ccc(Br)c(CNc2cc(Cl)cc(Cl)c2)c1OCc1c(F)cccc1Cl. The fourth-order valence-electron chi connectivity index (χ4n) is 2.73. The molecule has 0 atom stereocenters. The molecule has 0 heterocycles. The Bertz CT molecular complexity index is 993. The van der Waals surface area contributed by atoms with Gasteiger partial charge in [-0.25, -0.2) is 4.39 Å². The van der Waals surface area contributed by atoms with Crippen molar-refractivity contribution in [1.29, 1.82) is 0 Å². The molecule has 8 heteroatoms. The first-order valence-electron chi connectivity index (χ1n) is 8.50. The van der Waals surface area contributed by atoms with E-state index in [4.69, 9.17) is 44.3 Å². The third-order valence-electron chi connectivity index (χ3n) is 4.14. The van der Waals surface area contributed by atoms with Gasteiger partial charge in [0.15, 0.2) is 11.5 Å². The maximum absolute atomic E-state index is 14.1. The molecule has 0 spiro atoms. The summed E-state index contributed by atoms with van der Waals surface area (Å²) in [7, 11) is 1.54. The molecule has 3 nitrogen and oxygen atoms in total. The Morgan fingerprint density at radius 1 is 1.00 bits per heavy atom. The summed E-state index contributed by atoms with van der Waals surface area (Å²) in [6.45, 7) is 0.336. The molecule has 0 radical (unpaired) electrons. The van der Waals surface area contributed by atoms with Gasteiger partial charge in [-0.05, 0) is 42.5 Å². The summed E-state index contributed by atoms with van der Waals surface area (Å²) in [5.74, 6) is 0.558. The van der Waals surface area contributed by atoms with Gasteiger partial charge in [-0.1, -0.05) is 56.8 Å². The molecule has 0 unspecified atom stereocenters. The van der Waals surface area contributed by atoms with Crippen LogP contribution in [0.3, 0.4) is 0 Å². The first kappa shape index (κ1) is 22.0. The molecule has 0 saturated heterocycles. The Morgan fingerprint density at radius 2 is 1.72 bits per heavy atom. The first-order chi connectivity index (χ1) is 13.9. The van der Waals surface area contributed by atoms with Gasteiger partial charge >= 0.3 is 0 Å². The van der Waals surface area contributed by atoms with E-state index in [1.165, 1.54) is 6.07 Å². The summed E-state index contributed by atoms with van der Waals surface area (Å²) in [6.07, 6.45) is 0. The quantitative estimate of drug-likeness (QED) is 0.346.